The summed E-state index contributed by atoms with van der Waals surface area (Å²) < 4.78 is 0. The minimum Gasteiger partial charge on any atom is -0.309 e. The van der Waals surface area contributed by atoms with Gasteiger partial charge in [-0.1, -0.05) is 32.0 Å². The molecule has 1 aromatic heterocycles. The maximum atomic E-state index is 10.9. The van der Waals surface area contributed by atoms with E-state index >= 15 is 0 Å². The molecular formula is C11H14N2O. The van der Waals surface area contributed by atoms with Crippen molar-refractivity contribution in [3.63, 3.8) is 0 Å². The predicted molar refractivity (Wildman–Crippen MR) is 58.4 cm³/mol. The van der Waals surface area contributed by atoms with E-state index < -0.39 is 0 Å². The summed E-state index contributed by atoms with van der Waals surface area (Å²) in [5.41, 5.74) is 1.33. The number of fused-ring (bicyclic) bond motifs is 1. The van der Waals surface area contributed by atoms with Gasteiger partial charge in [0.25, 0.3) is 0 Å². The number of nitrogens with zero attached hydrogens (tertiary/aromatic N) is 1. The van der Waals surface area contributed by atoms with Gasteiger partial charge < -0.3 is 4.98 Å². The van der Waals surface area contributed by atoms with Crippen molar-refractivity contribution in [3.05, 3.63) is 40.4 Å². The summed E-state index contributed by atoms with van der Waals surface area (Å²) in [5.74, 6) is 0. The maximum Gasteiger partial charge on any atom is 0.345 e. The summed E-state index contributed by atoms with van der Waals surface area (Å²) in [6.45, 7) is 5.87. The van der Waals surface area contributed by atoms with Crippen LogP contribution in [0.3, 0.4) is 0 Å². The SMILES string of the molecule is CC.Cc1[nH]c(=O)nc2ccccc12. The number of aromatic nitrogens is 2. The summed E-state index contributed by atoms with van der Waals surface area (Å²) >= 11 is 0. The van der Waals surface area contributed by atoms with E-state index in [9.17, 15) is 4.79 Å². The van der Waals surface area contributed by atoms with Crippen LogP contribution < -0.4 is 5.69 Å². The number of aromatic amines is 1. The Bertz CT molecular complexity index is 474. The van der Waals surface area contributed by atoms with Crippen molar-refractivity contribution in [2.75, 3.05) is 0 Å². The molecule has 2 aromatic rings. The van der Waals surface area contributed by atoms with Crippen molar-refractivity contribution >= 4 is 10.9 Å². The van der Waals surface area contributed by atoms with E-state index in [-0.39, 0.29) is 5.69 Å². The fourth-order valence-electron chi connectivity index (χ4n) is 1.25. The molecule has 0 saturated heterocycles. The molecule has 0 unspecified atom stereocenters. The van der Waals surface area contributed by atoms with Gasteiger partial charge in [0.1, 0.15) is 0 Å². The fourth-order valence-corrected chi connectivity index (χ4v) is 1.25. The number of hydrogen-bond acceptors (Lipinski definition) is 2. The van der Waals surface area contributed by atoms with Gasteiger partial charge in [0.05, 0.1) is 5.52 Å². The smallest absolute Gasteiger partial charge is 0.309 e. The number of benzene rings is 1. The van der Waals surface area contributed by atoms with Crippen molar-refractivity contribution < 1.29 is 0 Å². The number of rotatable bonds is 0. The molecule has 0 saturated carbocycles. The molecule has 0 aliphatic heterocycles. The zero-order valence-electron chi connectivity index (χ0n) is 8.66. The predicted octanol–water partition coefficient (Wildman–Crippen LogP) is 2.26. The summed E-state index contributed by atoms with van der Waals surface area (Å²) in [6, 6.07) is 7.56. The highest BCUT2D eigenvalue weighted by Gasteiger charge is 1.97. The van der Waals surface area contributed by atoms with Crippen LogP contribution in [0.4, 0.5) is 0 Å². The number of nitrogens with one attached hydrogen (secondary N) is 1. The molecule has 74 valence electrons. The standard InChI is InChI=1S/C9H8N2O.C2H6/c1-6-7-4-2-3-5-8(7)11-9(12)10-6;1-2/h2-5H,1H3,(H,10,11,12);1-2H3. The topological polar surface area (TPSA) is 45.8 Å². The number of aryl methyl sites for hydroxylation is 1. The lowest BCUT2D eigenvalue weighted by molar-refractivity contribution is 1.07. The van der Waals surface area contributed by atoms with E-state index in [1.54, 1.807) is 0 Å². The molecule has 0 radical (unpaired) electrons. The second-order valence-electron chi connectivity index (χ2n) is 2.68. The van der Waals surface area contributed by atoms with Crippen LogP contribution in [0.5, 0.6) is 0 Å². The van der Waals surface area contributed by atoms with Crippen LogP contribution in [-0.4, -0.2) is 9.97 Å². The Morgan fingerprint density at radius 1 is 1.21 bits per heavy atom. The summed E-state index contributed by atoms with van der Waals surface area (Å²) in [7, 11) is 0. The largest absolute Gasteiger partial charge is 0.345 e. The average molecular weight is 190 g/mol. The molecule has 0 bridgehead atoms. The second kappa shape index (κ2) is 4.56. The Morgan fingerprint density at radius 2 is 1.86 bits per heavy atom. The van der Waals surface area contributed by atoms with Crippen LogP contribution in [0.25, 0.3) is 10.9 Å². The van der Waals surface area contributed by atoms with Gasteiger partial charge >= 0.3 is 5.69 Å². The Kier molecular flexibility index (Phi) is 3.40. The Hall–Kier alpha value is -1.64. The number of H-pyrrole nitrogens is 1. The van der Waals surface area contributed by atoms with Crippen LogP contribution in [0, 0.1) is 6.92 Å². The molecule has 0 spiro atoms. The second-order valence-corrected chi connectivity index (χ2v) is 2.68. The molecular weight excluding hydrogens is 176 g/mol. The molecule has 3 heteroatoms. The first-order valence-corrected chi connectivity index (χ1v) is 4.73. The molecule has 0 aliphatic carbocycles. The van der Waals surface area contributed by atoms with Gasteiger partial charge in [-0.2, -0.15) is 4.98 Å². The molecule has 14 heavy (non-hydrogen) atoms. The lowest BCUT2D eigenvalue weighted by atomic mass is 10.2. The van der Waals surface area contributed by atoms with Gasteiger partial charge in [-0.15, -0.1) is 0 Å². The van der Waals surface area contributed by atoms with Crippen molar-refractivity contribution in [3.8, 4) is 0 Å². The highest BCUT2D eigenvalue weighted by atomic mass is 16.1. The van der Waals surface area contributed by atoms with Crippen LogP contribution >= 0.6 is 0 Å². The molecule has 3 nitrogen and oxygen atoms in total. The van der Waals surface area contributed by atoms with E-state index in [1.807, 2.05) is 45.0 Å². The van der Waals surface area contributed by atoms with Crippen LogP contribution in [-0.2, 0) is 0 Å². The normalized spacial score (nSPS) is 9.36. The Labute approximate surface area is 82.8 Å². The molecule has 0 amide bonds. The molecule has 0 fully saturated rings. The lowest BCUT2D eigenvalue weighted by Crippen LogP contribution is -2.11. The third-order valence-corrected chi connectivity index (χ3v) is 1.82. The van der Waals surface area contributed by atoms with E-state index in [0.717, 1.165) is 16.6 Å². The van der Waals surface area contributed by atoms with Crippen molar-refractivity contribution in [1.29, 1.82) is 0 Å². The summed E-state index contributed by atoms with van der Waals surface area (Å²) in [5, 5.41) is 0.997. The highest BCUT2D eigenvalue weighted by Crippen LogP contribution is 2.10. The average Bonchev–Trinajstić information content (AvgIpc) is 2.20. The van der Waals surface area contributed by atoms with Gasteiger partial charge in [0.15, 0.2) is 0 Å². The van der Waals surface area contributed by atoms with E-state index in [1.165, 1.54) is 0 Å². The molecule has 0 aliphatic rings. The molecule has 1 N–H and O–H groups in total. The molecule has 1 aromatic carbocycles. The van der Waals surface area contributed by atoms with Crippen LogP contribution in [0.2, 0.25) is 0 Å². The first-order valence-electron chi connectivity index (χ1n) is 4.73. The monoisotopic (exact) mass is 190 g/mol. The zero-order valence-corrected chi connectivity index (χ0v) is 8.66. The first-order chi connectivity index (χ1) is 6.77. The zero-order chi connectivity index (χ0) is 10.6. The van der Waals surface area contributed by atoms with E-state index in [2.05, 4.69) is 9.97 Å². The first kappa shape index (κ1) is 10.4. The maximum absolute atomic E-state index is 10.9. The minimum atomic E-state index is -0.286. The van der Waals surface area contributed by atoms with Gasteiger partial charge in [-0.05, 0) is 13.0 Å². The van der Waals surface area contributed by atoms with E-state index in [4.69, 9.17) is 0 Å². The Morgan fingerprint density at radius 3 is 2.57 bits per heavy atom. The number of para-hydroxylation sites is 1. The molecule has 2 rings (SSSR count). The molecule has 0 atom stereocenters. The van der Waals surface area contributed by atoms with Gasteiger partial charge in [-0.25, -0.2) is 4.79 Å². The third kappa shape index (κ3) is 1.99. The number of hydrogen-bond donors (Lipinski definition) is 1. The lowest BCUT2D eigenvalue weighted by Gasteiger charge is -1.97. The Balaban J connectivity index is 0.000000461. The van der Waals surface area contributed by atoms with Gasteiger partial charge in [0.2, 0.25) is 0 Å². The van der Waals surface area contributed by atoms with Crippen molar-refractivity contribution in [2.24, 2.45) is 0 Å². The van der Waals surface area contributed by atoms with Crippen molar-refractivity contribution in [1.82, 2.24) is 9.97 Å². The van der Waals surface area contributed by atoms with Gasteiger partial charge in [0, 0.05) is 11.1 Å². The molecule has 1 heterocycles. The summed E-state index contributed by atoms with van der Waals surface area (Å²) in [6.07, 6.45) is 0. The highest BCUT2D eigenvalue weighted by molar-refractivity contribution is 5.80. The van der Waals surface area contributed by atoms with Gasteiger partial charge in [-0.3, -0.25) is 0 Å². The van der Waals surface area contributed by atoms with Crippen LogP contribution in [0.1, 0.15) is 19.5 Å². The third-order valence-electron chi connectivity index (χ3n) is 1.82. The van der Waals surface area contributed by atoms with Crippen molar-refractivity contribution in [2.45, 2.75) is 20.8 Å². The minimum absolute atomic E-state index is 0.286. The summed E-state index contributed by atoms with van der Waals surface area (Å²) in [4.78, 5) is 17.4. The van der Waals surface area contributed by atoms with Crippen LogP contribution in [0.15, 0.2) is 29.1 Å². The van der Waals surface area contributed by atoms with E-state index in [0.29, 0.717) is 0 Å². The fraction of sp³-hybridized carbons (Fsp3) is 0.273. The quantitative estimate of drug-likeness (QED) is 0.692.